The number of alkyl halides is 3. The van der Waals surface area contributed by atoms with Crippen LogP contribution in [-0.4, -0.2) is 13.0 Å². The van der Waals surface area contributed by atoms with E-state index in [-0.39, 0.29) is 5.69 Å². The number of amides is 1. The maximum atomic E-state index is 13.2. The first kappa shape index (κ1) is 20.5. The summed E-state index contributed by atoms with van der Waals surface area (Å²) in [5.74, 6) is -0.456. The summed E-state index contributed by atoms with van der Waals surface area (Å²) in [6.07, 6.45) is -4.50. The van der Waals surface area contributed by atoms with Gasteiger partial charge in [-0.05, 0) is 42.8 Å². The molecule has 0 bridgehead atoms. The Labute approximate surface area is 167 Å². The fraction of sp³-hybridized carbons (Fsp3) is 0.174. The molecule has 0 radical (unpaired) electrons. The van der Waals surface area contributed by atoms with Gasteiger partial charge >= 0.3 is 6.18 Å². The molecule has 0 heterocycles. The van der Waals surface area contributed by atoms with Gasteiger partial charge < -0.3 is 10.2 Å². The molecule has 3 aromatic carbocycles. The van der Waals surface area contributed by atoms with Gasteiger partial charge in [-0.1, -0.05) is 48.0 Å². The summed E-state index contributed by atoms with van der Waals surface area (Å²) < 4.78 is 39.7. The Morgan fingerprint density at radius 1 is 0.966 bits per heavy atom. The number of halogens is 3. The summed E-state index contributed by atoms with van der Waals surface area (Å²) in [5.41, 5.74) is 2.09. The molecule has 150 valence electrons. The predicted octanol–water partition coefficient (Wildman–Crippen LogP) is 5.90. The highest BCUT2D eigenvalue weighted by Gasteiger charge is 2.31. The standard InChI is InChI=1S/C23H21F3N2O/c1-16-7-6-10-18(13-16)22(29)27-20-14-19(23(24,25)26)11-12-21(20)28(2)15-17-8-4-3-5-9-17/h3-14H,15H2,1-2H3,(H,27,29). The smallest absolute Gasteiger partial charge is 0.369 e. The van der Waals surface area contributed by atoms with Crippen molar-refractivity contribution in [2.75, 3.05) is 17.3 Å². The lowest BCUT2D eigenvalue weighted by Gasteiger charge is -2.24. The molecule has 29 heavy (non-hydrogen) atoms. The maximum Gasteiger partial charge on any atom is 0.416 e. The number of rotatable bonds is 5. The van der Waals surface area contributed by atoms with Crippen LogP contribution in [0.25, 0.3) is 0 Å². The normalized spacial score (nSPS) is 11.2. The molecule has 0 aliphatic rings. The Bertz CT molecular complexity index is 1000. The highest BCUT2D eigenvalue weighted by Crippen LogP contribution is 2.35. The molecule has 1 N–H and O–H groups in total. The summed E-state index contributed by atoms with van der Waals surface area (Å²) in [4.78, 5) is 14.5. The number of hydrogen-bond donors (Lipinski definition) is 1. The van der Waals surface area contributed by atoms with Crippen molar-refractivity contribution in [2.24, 2.45) is 0 Å². The summed E-state index contributed by atoms with van der Waals surface area (Å²) >= 11 is 0. The number of anilines is 2. The Balaban J connectivity index is 1.94. The van der Waals surface area contributed by atoms with Crippen molar-refractivity contribution in [1.29, 1.82) is 0 Å². The highest BCUT2D eigenvalue weighted by atomic mass is 19.4. The second-order valence-corrected chi connectivity index (χ2v) is 6.89. The molecular formula is C23H21F3N2O. The SMILES string of the molecule is Cc1cccc(C(=O)Nc2cc(C(F)(F)F)ccc2N(C)Cc2ccccc2)c1. The number of aryl methyl sites for hydroxylation is 1. The molecule has 0 saturated heterocycles. The highest BCUT2D eigenvalue weighted by molar-refractivity contribution is 6.06. The lowest BCUT2D eigenvalue weighted by molar-refractivity contribution is -0.137. The number of benzene rings is 3. The minimum Gasteiger partial charge on any atom is -0.369 e. The van der Waals surface area contributed by atoms with Crippen LogP contribution < -0.4 is 10.2 Å². The van der Waals surface area contributed by atoms with Gasteiger partial charge in [0.1, 0.15) is 0 Å². The van der Waals surface area contributed by atoms with Crippen LogP contribution in [0.4, 0.5) is 24.5 Å². The number of nitrogens with one attached hydrogen (secondary N) is 1. The Hall–Kier alpha value is -3.28. The molecule has 0 atom stereocenters. The van der Waals surface area contributed by atoms with Crippen LogP contribution >= 0.6 is 0 Å². The molecule has 0 fully saturated rings. The van der Waals surface area contributed by atoms with E-state index >= 15 is 0 Å². The van der Waals surface area contributed by atoms with E-state index in [1.807, 2.05) is 43.3 Å². The molecule has 0 aliphatic heterocycles. The van der Waals surface area contributed by atoms with Crippen molar-refractivity contribution in [3.63, 3.8) is 0 Å². The Morgan fingerprint density at radius 3 is 2.34 bits per heavy atom. The number of carbonyl (C=O) groups is 1. The molecule has 3 aromatic rings. The van der Waals surface area contributed by atoms with Crippen LogP contribution in [0.3, 0.4) is 0 Å². The van der Waals surface area contributed by atoms with E-state index < -0.39 is 17.6 Å². The molecule has 6 heteroatoms. The Morgan fingerprint density at radius 2 is 1.69 bits per heavy atom. The predicted molar refractivity (Wildman–Crippen MR) is 109 cm³/mol. The number of carbonyl (C=O) groups excluding carboxylic acids is 1. The molecule has 3 rings (SSSR count). The Kier molecular flexibility index (Phi) is 5.92. The van der Waals surface area contributed by atoms with Gasteiger partial charge in [-0.2, -0.15) is 13.2 Å². The molecule has 1 amide bonds. The van der Waals surface area contributed by atoms with Gasteiger partial charge in [0, 0.05) is 19.2 Å². The van der Waals surface area contributed by atoms with Crippen LogP contribution in [0.15, 0.2) is 72.8 Å². The van der Waals surface area contributed by atoms with Crippen LogP contribution in [0.5, 0.6) is 0 Å². The van der Waals surface area contributed by atoms with E-state index in [4.69, 9.17) is 0 Å². The zero-order chi connectivity index (χ0) is 21.0. The summed E-state index contributed by atoms with van der Waals surface area (Å²) in [5, 5.41) is 2.65. The molecule has 3 nitrogen and oxygen atoms in total. The average Bonchev–Trinajstić information content (AvgIpc) is 2.68. The van der Waals surface area contributed by atoms with Gasteiger partial charge in [-0.3, -0.25) is 4.79 Å². The minimum absolute atomic E-state index is 0.116. The van der Waals surface area contributed by atoms with E-state index in [9.17, 15) is 18.0 Å². The van der Waals surface area contributed by atoms with Crippen molar-refractivity contribution in [3.05, 3.63) is 95.1 Å². The topological polar surface area (TPSA) is 32.3 Å². The van der Waals surface area contributed by atoms with Crippen LogP contribution in [-0.2, 0) is 12.7 Å². The van der Waals surface area contributed by atoms with E-state index in [1.165, 1.54) is 6.07 Å². The molecule has 0 spiro atoms. The second-order valence-electron chi connectivity index (χ2n) is 6.89. The molecule has 0 saturated carbocycles. The molecule has 0 aromatic heterocycles. The van der Waals surface area contributed by atoms with Crippen LogP contribution in [0.1, 0.15) is 27.0 Å². The first-order chi connectivity index (χ1) is 13.7. The summed E-state index contributed by atoms with van der Waals surface area (Å²) in [6.45, 7) is 2.33. The quantitative estimate of drug-likeness (QED) is 0.580. The third-order valence-corrected chi connectivity index (χ3v) is 4.53. The largest absolute Gasteiger partial charge is 0.416 e. The van der Waals surface area contributed by atoms with Crippen LogP contribution in [0.2, 0.25) is 0 Å². The van der Waals surface area contributed by atoms with Crippen molar-refractivity contribution in [3.8, 4) is 0 Å². The lowest BCUT2D eigenvalue weighted by Crippen LogP contribution is -2.21. The fourth-order valence-electron chi connectivity index (χ4n) is 3.07. The van der Waals surface area contributed by atoms with Gasteiger partial charge in [-0.25, -0.2) is 0 Å². The van der Waals surface area contributed by atoms with Gasteiger partial charge in [0.05, 0.1) is 16.9 Å². The number of nitrogens with zero attached hydrogens (tertiary/aromatic N) is 1. The minimum atomic E-state index is -4.50. The molecule has 0 unspecified atom stereocenters. The van der Waals surface area contributed by atoms with Crippen molar-refractivity contribution in [1.82, 2.24) is 0 Å². The van der Waals surface area contributed by atoms with Crippen molar-refractivity contribution in [2.45, 2.75) is 19.6 Å². The van der Waals surface area contributed by atoms with Gasteiger partial charge in [0.15, 0.2) is 0 Å². The molecule has 0 aliphatic carbocycles. The summed E-state index contributed by atoms with van der Waals surface area (Å²) in [6, 6.07) is 19.9. The van der Waals surface area contributed by atoms with E-state index in [2.05, 4.69) is 5.32 Å². The fourth-order valence-corrected chi connectivity index (χ4v) is 3.07. The lowest BCUT2D eigenvalue weighted by atomic mass is 10.1. The maximum absolute atomic E-state index is 13.2. The third kappa shape index (κ3) is 5.16. The summed E-state index contributed by atoms with van der Waals surface area (Å²) in [7, 11) is 1.78. The zero-order valence-electron chi connectivity index (χ0n) is 16.1. The van der Waals surface area contributed by atoms with Crippen LogP contribution in [0, 0.1) is 6.92 Å². The first-order valence-corrected chi connectivity index (χ1v) is 9.08. The second kappa shape index (κ2) is 8.39. The van der Waals surface area contributed by atoms with E-state index in [0.717, 1.165) is 23.3 Å². The zero-order valence-corrected chi connectivity index (χ0v) is 16.1. The van der Waals surface area contributed by atoms with E-state index in [1.54, 1.807) is 30.1 Å². The van der Waals surface area contributed by atoms with Gasteiger partial charge in [0.2, 0.25) is 0 Å². The number of hydrogen-bond acceptors (Lipinski definition) is 2. The van der Waals surface area contributed by atoms with Crippen molar-refractivity contribution < 1.29 is 18.0 Å². The molecular weight excluding hydrogens is 377 g/mol. The third-order valence-electron chi connectivity index (χ3n) is 4.53. The average molecular weight is 398 g/mol. The monoisotopic (exact) mass is 398 g/mol. The van der Waals surface area contributed by atoms with E-state index in [0.29, 0.717) is 17.8 Å². The van der Waals surface area contributed by atoms with Gasteiger partial charge in [0.25, 0.3) is 5.91 Å². The van der Waals surface area contributed by atoms with Crippen molar-refractivity contribution >= 4 is 17.3 Å². The first-order valence-electron chi connectivity index (χ1n) is 9.08. The van der Waals surface area contributed by atoms with Gasteiger partial charge in [-0.15, -0.1) is 0 Å².